The maximum atomic E-state index is 13.5. The summed E-state index contributed by atoms with van der Waals surface area (Å²) in [4.78, 5) is 41.0. The molecule has 0 spiro atoms. The van der Waals surface area contributed by atoms with Gasteiger partial charge in [0.1, 0.15) is 0 Å². The van der Waals surface area contributed by atoms with Crippen LogP contribution in [0.15, 0.2) is 78.9 Å². The number of fused-ring (bicyclic) bond motifs is 1. The molecule has 1 fully saturated rings. The van der Waals surface area contributed by atoms with Crippen molar-refractivity contribution in [1.29, 1.82) is 0 Å². The van der Waals surface area contributed by atoms with Gasteiger partial charge in [0.05, 0.1) is 11.8 Å². The lowest BCUT2D eigenvalue weighted by Crippen LogP contribution is -2.42. The first-order valence-corrected chi connectivity index (χ1v) is 12.6. The normalized spacial score (nSPS) is 18.8. The number of nitrogens with zero attached hydrogens (tertiary/aromatic N) is 1. The standard InChI is InChI=1S/C30H30N2O4/c33-28(31-26-16-8-7-13-23(26)21-10-2-1-3-11-21)20-36-30(35)25-15-6-5-14-24(25)29(34)32-19-18-22-12-4-9-17-27(22)32/h1-4,7-13,16-17,24-25H,5-6,14-15,18-20H2,(H,31,33)/t24-,25+/m0/s1. The molecule has 36 heavy (non-hydrogen) atoms. The second-order valence-corrected chi connectivity index (χ2v) is 9.43. The van der Waals surface area contributed by atoms with Crippen LogP contribution in [0.2, 0.25) is 0 Å². The van der Waals surface area contributed by atoms with E-state index in [-0.39, 0.29) is 12.5 Å². The predicted molar refractivity (Wildman–Crippen MR) is 139 cm³/mol. The summed E-state index contributed by atoms with van der Waals surface area (Å²) < 4.78 is 5.45. The van der Waals surface area contributed by atoms with Crippen molar-refractivity contribution in [2.24, 2.45) is 11.8 Å². The first-order valence-electron chi connectivity index (χ1n) is 12.6. The van der Waals surface area contributed by atoms with E-state index in [2.05, 4.69) is 5.32 Å². The highest BCUT2D eigenvalue weighted by Gasteiger charge is 2.40. The SMILES string of the molecule is O=C(COC(=O)[C@@H]1CCCC[C@@H]1C(=O)N1CCc2ccccc21)Nc1ccccc1-c1ccccc1. The summed E-state index contributed by atoms with van der Waals surface area (Å²) in [6.07, 6.45) is 3.87. The van der Waals surface area contributed by atoms with E-state index in [9.17, 15) is 14.4 Å². The molecule has 6 heteroatoms. The number of para-hydroxylation sites is 2. The van der Waals surface area contributed by atoms with Crippen molar-refractivity contribution in [2.75, 3.05) is 23.4 Å². The number of carbonyl (C=O) groups is 3. The van der Waals surface area contributed by atoms with Crippen LogP contribution in [0.4, 0.5) is 11.4 Å². The summed E-state index contributed by atoms with van der Waals surface area (Å²) in [5.41, 5.74) is 4.63. The highest BCUT2D eigenvalue weighted by atomic mass is 16.5. The van der Waals surface area contributed by atoms with Gasteiger partial charge in [-0.25, -0.2) is 0 Å². The van der Waals surface area contributed by atoms with Crippen LogP contribution < -0.4 is 10.2 Å². The number of amides is 2. The second-order valence-electron chi connectivity index (χ2n) is 9.43. The van der Waals surface area contributed by atoms with Gasteiger partial charge in [-0.1, -0.05) is 79.6 Å². The molecule has 0 unspecified atom stereocenters. The van der Waals surface area contributed by atoms with E-state index in [1.807, 2.05) is 83.8 Å². The summed E-state index contributed by atoms with van der Waals surface area (Å²) in [6, 6.07) is 25.2. The lowest BCUT2D eigenvalue weighted by molar-refractivity contribution is -0.156. The Labute approximate surface area is 211 Å². The number of anilines is 2. The van der Waals surface area contributed by atoms with E-state index in [4.69, 9.17) is 4.74 Å². The number of esters is 1. The summed E-state index contributed by atoms with van der Waals surface area (Å²) in [5, 5.41) is 2.87. The Bertz CT molecular complexity index is 1260. The molecule has 1 aliphatic carbocycles. The average Bonchev–Trinajstić information content (AvgIpc) is 3.36. The molecule has 0 aromatic heterocycles. The van der Waals surface area contributed by atoms with Crippen molar-refractivity contribution in [2.45, 2.75) is 32.1 Å². The van der Waals surface area contributed by atoms with Gasteiger partial charge in [-0.05, 0) is 42.5 Å². The fraction of sp³-hybridized carbons (Fsp3) is 0.300. The van der Waals surface area contributed by atoms with Gasteiger partial charge in [0, 0.05) is 23.5 Å². The molecule has 2 aliphatic rings. The zero-order valence-electron chi connectivity index (χ0n) is 20.2. The maximum Gasteiger partial charge on any atom is 0.310 e. The second kappa shape index (κ2) is 10.8. The van der Waals surface area contributed by atoms with Gasteiger partial charge in [0.15, 0.2) is 6.61 Å². The van der Waals surface area contributed by atoms with Crippen molar-refractivity contribution in [3.05, 3.63) is 84.4 Å². The van der Waals surface area contributed by atoms with Crippen LogP contribution in [0.5, 0.6) is 0 Å². The predicted octanol–water partition coefficient (Wildman–Crippen LogP) is 5.23. The van der Waals surface area contributed by atoms with Gasteiger partial charge < -0.3 is 15.0 Å². The Morgan fingerprint density at radius 3 is 2.36 bits per heavy atom. The molecule has 184 valence electrons. The molecule has 2 atom stereocenters. The fourth-order valence-corrected chi connectivity index (χ4v) is 5.37. The number of hydrogen-bond donors (Lipinski definition) is 1. The molecule has 1 aliphatic heterocycles. The lowest BCUT2D eigenvalue weighted by Gasteiger charge is -2.32. The molecular formula is C30H30N2O4. The van der Waals surface area contributed by atoms with Crippen molar-refractivity contribution in [3.63, 3.8) is 0 Å². The first-order chi connectivity index (χ1) is 17.6. The monoisotopic (exact) mass is 482 g/mol. The van der Waals surface area contributed by atoms with E-state index in [0.29, 0.717) is 25.1 Å². The number of rotatable bonds is 6. The van der Waals surface area contributed by atoms with Crippen LogP contribution in [-0.2, 0) is 25.5 Å². The van der Waals surface area contributed by atoms with E-state index < -0.39 is 23.7 Å². The third-order valence-electron chi connectivity index (χ3n) is 7.17. The largest absolute Gasteiger partial charge is 0.455 e. The van der Waals surface area contributed by atoms with Gasteiger partial charge in [-0.3, -0.25) is 14.4 Å². The summed E-state index contributed by atoms with van der Waals surface area (Å²) in [6.45, 7) is 0.256. The topological polar surface area (TPSA) is 75.7 Å². The molecule has 1 heterocycles. The Hall–Kier alpha value is -3.93. The Morgan fingerprint density at radius 1 is 0.833 bits per heavy atom. The summed E-state index contributed by atoms with van der Waals surface area (Å²) >= 11 is 0. The maximum absolute atomic E-state index is 13.5. The van der Waals surface area contributed by atoms with Crippen LogP contribution in [0.1, 0.15) is 31.2 Å². The molecule has 0 radical (unpaired) electrons. The highest BCUT2D eigenvalue weighted by Crippen LogP contribution is 2.36. The Balaban J connectivity index is 1.22. The van der Waals surface area contributed by atoms with E-state index in [1.54, 1.807) is 0 Å². The van der Waals surface area contributed by atoms with Gasteiger partial charge in [0.25, 0.3) is 5.91 Å². The third-order valence-corrected chi connectivity index (χ3v) is 7.17. The number of benzene rings is 3. The molecule has 2 amide bonds. The molecule has 5 rings (SSSR count). The molecule has 0 bridgehead atoms. The lowest BCUT2D eigenvalue weighted by atomic mass is 9.78. The first kappa shape index (κ1) is 23.8. The zero-order chi connectivity index (χ0) is 24.9. The van der Waals surface area contributed by atoms with E-state index in [0.717, 1.165) is 41.6 Å². The Morgan fingerprint density at radius 2 is 1.53 bits per heavy atom. The van der Waals surface area contributed by atoms with Crippen LogP contribution in [0.25, 0.3) is 11.1 Å². The third kappa shape index (κ3) is 5.03. The van der Waals surface area contributed by atoms with Gasteiger partial charge in [0.2, 0.25) is 5.91 Å². The van der Waals surface area contributed by atoms with Gasteiger partial charge in [-0.15, -0.1) is 0 Å². The average molecular weight is 483 g/mol. The minimum absolute atomic E-state index is 0.0113. The minimum atomic E-state index is -0.525. The van der Waals surface area contributed by atoms with Crippen LogP contribution in [0, 0.1) is 11.8 Å². The van der Waals surface area contributed by atoms with Gasteiger partial charge in [-0.2, -0.15) is 0 Å². The molecule has 0 saturated heterocycles. The Kier molecular flexibility index (Phi) is 7.12. The van der Waals surface area contributed by atoms with E-state index in [1.165, 1.54) is 0 Å². The minimum Gasteiger partial charge on any atom is -0.455 e. The van der Waals surface area contributed by atoms with Crippen molar-refractivity contribution in [1.82, 2.24) is 0 Å². The van der Waals surface area contributed by atoms with Crippen molar-refractivity contribution < 1.29 is 19.1 Å². The quantitative estimate of drug-likeness (QED) is 0.488. The number of carbonyl (C=O) groups excluding carboxylic acids is 3. The summed E-state index contributed by atoms with van der Waals surface area (Å²) in [5.74, 6) is -1.82. The summed E-state index contributed by atoms with van der Waals surface area (Å²) in [7, 11) is 0. The fourth-order valence-electron chi connectivity index (χ4n) is 5.37. The highest BCUT2D eigenvalue weighted by molar-refractivity contribution is 6.00. The van der Waals surface area contributed by atoms with Crippen LogP contribution >= 0.6 is 0 Å². The van der Waals surface area contributed by atoms with Crippen LogP contribution in [0.3, 0.4) is 0 Å². The molecule has 3 aromatic rings. The number of nitrogens with one attached hydrogen (secondary N) is 1. The molecule has 3 aromatic carbocycles. The molecular weight excluding hydrogens is 452 g/mol. The number of hydrogen-bond acceptors (Lipinski definition) is 4. The van der Waals surface area contributed by atoms with Gasteiger partial charge >= 0.3 is 5.97 Å². The molecule has 1 N–H and O–H groups in total. The number of ether oxygens (including phenoxy) is 1. The van der Waals surface area contributed by atoms with Crippen molar-refractivity contribution >= 4 is 29.2 Å². The van der Waals surface area contributed by atoms with E-state index >= 15 is 0 Å². The smallest absolute Gasteiger partial charge is 0.310 e. The molecule has 6 nitrogen and oxygen atoms in total. The zero-order valence-corrected chi connectivity index (χ0v) is 20.2. The van der Waals surface area contributed by atoms with Crippen molar-refractivity contribution in [3.8, 4) is 11.1 Å². The van der Waals surface area contributed by atoms with Crippen LogP contribution in [-0.4, -0.2) is 30.9 Å². The molecule has 1 saturated carbocycles.